The van der Waals surface area contributed by atoms with Gasteiger partial charge in [0.2, 0.25) is 5.91 Å². The molecule has 0 bridgehead atoms. The van der Waals surface area contributed by atoms with Crippen molar-refractivity contribution in [2.45, 2.75) is 26.8 Å². The van der Waals surface area contributed by atoms with Crippen molar-refractivity contribution in [2.24, 2.45) is 0 Å². The second kappa shape index (κ2) is 6.91. The van der Waals surface area contributed by atoms with Crippen LogP contribution in [-0.4, -0.2) is 25.5 Å². The molecule has 1 amide bonds. The van der Waals surface area contributed by atoms with Gasteiger partial charge in [0, 0.05) is 17.4 Å². The third-order valence-electron chi connectivity index (χ3n) is 3.88. The van der Waals surface area contributed by atoms with Gasteiger partial charge in [-0.15, -0.1) is 5.10 Å². The third-order valence-corrected chi connectivity index (χ3v) is 3.88. The molecule has 3 aromatic rings. The molecule has 7 nitrogen and oxygen atoms in total. The molecule has 0 aliphatic heterocycles. The van der Waals surface area contributed by atoms with Gasteiger partial charge in [0.05, 0.1) is 5.69 Å². The predicted octanol–water partition coefficient (Wildman–Crippen LogP) is 2.38. The fraction of sp³-hybridized carbons (Fsp3) is 0.222. The maximum atomic E-state index is 13.3. The van der Waals surface area contributed by atoms with E-state index in [1.807, 2.05) is 19.9 Å². The fourth-order valence-electron chi connectivity index (χ4n) is 2.59. The molecule has 0 saturated carbocycles. The third kappa shape index (κ3) is 3.53. The van der Waals surface area contributed by atoms with Crippen molar-refractivity contribution in [3.8, 4) is 5.82 Å². The number of carbonyl (C=O) groups is 1. The van der Waals surface area contributed by atoms with E-state index in [0.717, 1.165) is 16.1 Å². The minimum absolute atomic E-state index is 0.310. The lowest BCUT2D eigenvalue weighted by molar-refractivity contribution is -0.119. The molecule has 8 heteroatoms. The van der Waals surface area contributed by atoms with Gasteiger partial charge in [-0.2, -0.15) is 5.10 Å². The standard InChI is InChI=1S/C18H18FN5O2/c1-11-9-12(2)23(21-11)16-7-8-17(25)24(22-16)13(3)18(26)20-15-6-4-5-14(19)10-15/h4-10,13H,1-3H3,(H,20,26). The lowest BCUT2D eigenvalue weighted by atomic mass is 10.2. The number of carbonyl (C=O) groups excluding carboxylic acids is 1. The molecule has 1 atom stereocenters. The fourth-order valence-corrected chi connectivity index (χ4v) is 2.59. The van der Waals surface area contributed by atoms with Gasteiger partial charge in [-0.1, -0.05) is 6.07 Å². The molecule has 2 aromatic heterocycles. The Morgan fingerprint density at radius 1 is 1.15 bits per heavy atom. The van der Waals surface area contributed by atoms with Crippen molar-refractivity contribution < 1.29 is 9.18 Å². The van der Waals surface area contributed by atoms with E-state index in [1.54, 1.807) is 23.7 Å². The van der Waals surface area contributed by atoms with E-state index in [-0.39, 0.29) is 0 Å². The summed E-state index contributed by atoms with van der Waals surface area (Å²) >= 11 is 0. The Morgan fingerprint density at radius 2 is 1.92 bits per heavy atom. The maximum absolute atomic E-state index is 13.3. The molecule has 2 heterocycles. The summed E-state index contributed by atoms with van der Waals surface area (Å²) in [6.07, 6.45) is 0. The van der Waals surface area contributed by atoms with Crippen LogP contribution >= 0.6 is 0 Å². The normalized spacial score (nSPS) is 12.0. The van der Waals surface area contributed by atoms with Crippen molar-refractivity contribution in [3.05, 3.63) is 70.0 Å². The van der Waals surface area contributed by atoms with E-state index in [1.165, 1.54) is 24.3 Å². The highest BCUT2D eigenvalue weighted by molar-refractivity contribution is 5.93. The van der Waals surface area contributed by atoms with Crippen molar-refractivity contribution in [1.29, 1.82) is 0 Å². The van der Waals surface area contributed by atoms with E-state index >= 15 is 0 Å². The first-order valence-electron chi connectivity index (χ1n) is 8.05. The smallest absolute Gasteiger partial charge is 0.267 e. The first-order chi connectivity index (χ1) is 12.3. The second-order valence-corrected chi connectivity index (χ2v) is 5.99. The van der Waals surface area contributed by atoms with Crippen LogP contribution in [0.3, 0.4) is 0 Å². The van der Waals surface area contributed by atoms with Crippen molar-refractivity contribution >= 4 is 11.6 Å². The van der Waals surface area contributed by atoms with Gasteiger partial charge in [-0.25, -0.2) is 13.8 Å². The monoisotopic (exact) mass is 355 g/mol. The Kier molecular flexibility index (Phi) is 4.66. The zero-order chi connectivity index (χ0) is 18.8. The van der Waals surface area contributed by atoms with Crippen molar-refractivity contribution in [2.75, 3.05) is 5.32 Å². The summed E-state index contributed by atoms with van der Waals surface area (Å²) in [5, 5.41) is 11.2. The van der Waals surface area contributed by atoms with Crippen LogP contribution in [0.25, 0.3) is 5.82 Å². The van der Waals surface area contributed by atoms with Crippen LogP contribution in [0.2, 0.25) is 0 Å². The van der Waals surface area contributed by atoms with Gasteiger partial charge in [0.1, 0.15) is 11.9 Å². The average Bonchev–Trinajstić information content (AvgIpc) is 2.93. The van der Waals surface area contributed by atoms with E-state index in [2.05, 4.69) is 15.5 Å². The summed E-state index contributed by atoms with van der Waals surface area (Å²) in [6.45, 7) is 5.28. The Labute approximate surface area is 149 Å². The zero-order valence-corrected chi connectivity index (χ0v) is 14.6. The lowest BCUT2D eigenvalue weighted by Crippen LogP contribution is -2.33. The number of aryl methyl sites for hydroxylation is 2. The number of nitrogens with one attached hydrogen (secondary N) is 1. The SMILES string of the molecule is Cc1cc(C)n(-c2ccc(=O)n(C(C)C(=O)Nc3cccc(F)c3)n2)n1. The Balaban J connectivity index is 1.90. The van der Waals surface area contributed by atoms with Crippen LogP contribution in [-0.2, 0) is 4.79 Å². The number of halogens is 1. The van der Waals surface area contributed by atoms with Crippen molar-refractivity contribution in [3.63, 3.8) is 0 Å². The van der Waals surface area contributed by atoms with Gasteiger partial charge >= 0.3 is 0 Å². The highest BCUT2D eigenvalue weighted by atomic mass is 19.1. The highest BCUT2D eigenvalue weighted by Gasteiger charge is 2.19. The summed E-state index contributed by atoms with van der Waals surface area (Å²) < 4.78 is 15.9. The van der Waals surface area contributed by atoms with Crippen LogP contribution < -0.4 is 10.9 Å². The molecule has 0 spiro atoms. The van der Waals surface area contributed by atoms with E-state index in [4.69, 9.17) is 0 Å². The van der Waals surface area contributed by atoms with Crippen LogP contribution in [0.4, 0.5) is 10.1 Å². The maximum Gasteiger partial charge on any atom is 0.267 e. The van der Waals surface area contributed by atoms with Gasteiger partial charge < -0.3 is 5.32 Å². The van der Waals surface area contributed by atoms with Crippen LogP contribution in [0.15, 0.2) is 47.3 Å². The number of aromatic nitrogens is 4. The number of benzene rings is 1. The molecule has 1 unspecified atom stereocenters. The first kappa shape index (κ1) is 17.5. The molecule has 0 saturated heterocycles. The van der Waals surface area contributed by atoms with Crippen LogP contribution in [0.5, 0.6) is 0 Å². The van der Waals surface area contributed by atoms with Gasteiger partial charge in [-0.05, 0) is 51.1 Å². The number of amides is 1. The van der Waals surface area contributed by atoms with Gasteiger partial charge in [-0.3, -0.25) is 9.59 Å². The quantitative estimate of drug-likeness (QED) is 0.779. The predicted molar refractivity (Wildman–Crippen MR) is 94.8 cm³/mol. The molecule has 3 rings (SSSR count). The topological polar surface area (TPSA) is 81.8 Å². The van der Waals surface area contributed by atoms with Crippen molar-refractivity contribution in [1.82, 2.24) is 19.6 Å². The largest absolute Gasteiger partial charge is 0.324 e. The molecule has 1 N–H and O–H groups in total. The van der Waals surface area contributed by atoms with E-state index < -0.39 is 23.3 Å². The first-order valence-corrected chi connectivity index (χ1v) is 8.05. The molecule has 0 radical (unpaired) electrons. The molecule has 0 aliphatic carbocycles. The minimum Gasteiger partial charge on any atom is -0.324 e. The minimum atomic E-state index is -0.886. The second-order valence-electron chi connectivity index (χ2n) is 5.99. The summed E-state index contributed by atoms with van der Waals surface area (Å²) in [5.74, 6) is -0.506. The molecular formula is C18H18FN5O2. The number of hydrogen-bond acceptors (Lipinski definition) is 4. The van der Waals surface area contributed by atoms with E-state index in [9.17, 15) is 14.0 Å². The molecule has 134 valence electrons. The van der Waals surface area contributed by atoms with Gasteiger partial charge in [0.25, 0.3) is 5.56 Å². The molecule has 0 aliphatic rings. The number of anilines is 1. The van der Waals surface area contributed by atoms with Gasteiger partial charge in [0.15, 0.2) is 5.82 Å². The van der Waals surface area contributed by atoms with E-state index in [0.29, 0.717) is 11.5 Å². The number of hydrogen-bond donors (Lipinski definition) is 1. The zero-order valence-electron chi connectivity index (χ0n) is 14.6. The number of rotatable bonds is 4. The summed E-state index contributed by atoms with van der Waals surface area (Å²) in [6, 6.07) is 9.43. The Hall–Kier alpha value is -3.29. The average molecular weight is 355 g/mol. The molecular weight excluding hydrogens is 337 g/mol. The summed E-state index contributed by atoms with van der Waals surface area (Å²) in [5.41, 5.74) is 1.57. The van der Waals surface area contributed by atoms with Crippen LogP contribution in [0, 0.1) is 19.7 Å². The Bertz CT molecular complexity index is 1020. The molecule has 0 fully saturated rings. The highest BCUT2D eigenvalue weighted by Crippen LogP contribution is 2.13. The molecule has 26 heavy (non-hydrogen) atoms. The lowest BCUT2D eigenvalue weighted by Gasteiger charge is -2.15. The Morgan fingerprint density at radius 3 is 2.58 bits per heavy atom. The summed E-state index contributed by atoms with van der Waals surface area (Å²) in [4.78, 5) is 24.6. The summed E-state index contributed by atoms with van der Waals surface area (Å²) in [7, 11) is 0. The number of nitrogens with zero attached hydrogens (tertiary/aromatic N) is 4. The van der Waals surface area contributed by atoms with Crippen LogP contribution in [0.1, 0.15) is 24.4 Å². The molecule has 1 aromatic carbocycles.